The normalized spacial score (nSPS) is 17.0. The fraction of sp³-hybridized carbons (Fsp3) is 0.350. The molecule has 1 heterocycles. The zero-order valence-corrected chi connectivity index (χ0v) is 17.2. The number of para-hydroxylation sites is 2. The molecule has 29 heavy (non-hydrogen) atoms. The zero-order valence-electron chi connectivity index (χ0n) is 16.4. The lowest BCUT2D eigenvalue weighted by Crippen LogP contribution is -2.44. The highest BCUT2D eigenvalue weighted by Gasteiger charge is 2.22. The first-order chi connectivity index (χ1) is 13.7. The molecule has 3 rings (SSSR count). The van der Waals surface area contributed by atoms with Crippen LogP contribution in [0.4, 0.5) is 0 Å². The van der Waals surface area contributed by atoms with Gasteiger partial charge in [-0.2, -0.15) is 0 Å². The van der Waals surface area contributed by atoms with Gasteiger partial charge in [-0.1, -0.05) is 24.3 Å². The number of ether oxygens (including phenoxy) is 2. The molecule has 9 heteroatoms. The molecule has 8 nitrogen and oxygen atoms in total. The minimum atomic E-state index is -3.72. The Morgan fingerprint density at radius 3 is 2.52 bits per heavy atom. The molecule has 0 fully saturated rings. The summed E-state index contributed by atoms with van der Waals surface area (Å²) in [5.41, 5.74) is 0.883. The van der Waals surface area contributed by atoms with Gasteiger partial charge in [-0.05, 0) is 43.8 Å². The van der Waals surface area contributed by atoms with Crippen molar-refractivity contribution in [1.82, 2.24) is 10.2 Å². The lowest BCUT2D eigenvalue weighted by molar-refractivity contribution is -0.122. The van der Waals surface area contributed by atoms with Crippen LogP contribution in [0, 0.1) is 0 Å². The van der Waals surface area contributed by atoms with Gasteiger partial charge in [-0.25, -0.2) is 13.6 Å². The molecule has 0 radical (unpaired) electrons. The van der Waals surface area contributed by atoms with E-state index in [4.69, 9.17) is 14.6 Å². The van der Waals surface area contributed by atoms with Gasteiger partial charge in [0.25, 0.3) is 0 Å². The van der Waals surface area contributed by atoms with Crippen LogP contribution in [0.5, 0.6) is 11.5 Å². The highest BCUT2D eigenvalue weighted by atomic mass is 32.2. The number of rotatable bonds is 7. The molecule has 2 atom stereocenters. The van der Waals surface area contributed by atoms with Gasteiger partial charge < -0.3 is 14.8 Å². The van der Waals surface area contributed by atoms with Crippen LogP contribution >= 0.6 is 0 Å². The van der Waals surface area contributed by atoms with E-state index in [-0.39, 0.29) is 29.5 Å². The van der Waals surface area contributed by atoms with Crippen LogP contribution in [0.2, 0.25) is 0 Å². The summed E-state index contributed by atoms with van der Waals surface area (Å²) in [6, 6.07) is 13.7. The first-order valence-corrected chi connectivity index (χ1v) is 10.8. The Hall–Kier alpha value is -2.62. The molecule has 2 aromatic carbocycles. The molecular formula is C20H25N3O5S. The van der Waals surface area contributed by atoms with E-state index in [1.54, 1.807) is 12.1 Å². The maximum atomic E-state index is 12.3. The number of nitrogens with two attached hydrogens (primary N) is 1. The number of fused-ring (bicyclic) bond motifs is 1. The van der Waals surface area contributed by atoms with Crippen molar-refractivity contribution in [2.45, 2.75) is 24.0 Å². The Balaban J connectivity index is 1.49. The fourth-order valence-electron chi connectivity index (χ4n) is 3.00. The van der Waals surface area contributed by atoms with Crippen molar-refractivity contribution in [3.63, 3.8) is 0 Å². The van der Waals surface area contributed by atoms with E-state index in [0.717, 1.165) is 5.56 Å². The van der Waals surface area contributed by atoms with Crippen LogP contribution in [-0.2, 0) is 14.8 Å². The van der Waals surface area contributed by atoms with Gasteiger partial charge >= 0.3 is 0 Å². The number of carbonyl (C=O) groups is 1. The number of primary sulfonamides is 1. The van der Waals surface area contributed by atoms with Gasteiger partial charge in [0.2, 0.25) is 15.9 Å². The Kier molecular flexibility index (Phi) is 6.41. The summed E-state index contributed by atoms with van der Waals surface area (Å²) in [5.74, 6) is 1.24. The monoisotopic (exact) mass is 419 g/mol. The molecule has 0 unspecified atom stereocenters. The van der Waals surface area contributed by atoms with Crippen LogP contribution < -0.4 is 19.9 Å². The minimum absolute atomic E-state index is 0.0603. The van der Waals surface area contributed by atoms with Crippen LogP contribution in [0.1, 0.15) is 18.5 Å². The number of amides is 1. The molecule has 0 spiro atoms. The SMILES string of the molecule is C[C@H](c1ccc(S(N)(=O)=O)cc1)N(C)CC(=O)NC[C@@H]1COc2ccccc2O1. The smallest absolute Gasteiger partial charge is 0.238 e. The van der Waals surface area contributed by atoms with Crippen molar-refractivity contribution in [1.29, 1.82) is 0 Å². The third kappa shape index (κ3) is 5.47. The summed E-state index contributed by atoms with van der Waals surface area (Å²) in [6.07, 6.45) is -0.248. The van der Waals surface area contributed by atoms with Crippen LogP contribution in [-0.4, -0.2) is 52.1 Å². The number of benzene rings is 2. The molecule has 156 valence electrons. The van der Waals surface area contributed by atoms with Crippen molar-refractivity contribution in [2.24, 2.45) is 5.14 Å². The van der Waals surface area contributed by atoms with Gasteiger partial charge in [-0.15, -0.1) is 0 Å². The van der Waals surface area contributed by atoms with Crippen LogP contribution in [0.25, 0.3) is 0 Å². The van der Waals surface area contributed by atoms with Crippen molar-refractivity contribution >= 4 is 15.9 Å². The Bertz CT molecular complexity index is 962. The van der Waals surface area contributed by atoms with E-state index < -0.39 is 10.0 Å². The first kappa shape index (κ1) is 21.1. The Morgan fingerprint density at radius 1 is 1.21 bits per heavy atom. The predicted molar refractivity (Wildman–Crippen MR) is 108 cm³/mol. The second-order valence-corrected chi connectivity index (χ2v) is 8.57. The van der Waals surface area contributed by atoms with Crippen molar-refractivity contribution in [2.75, 3.05) is 26.7 Å². The van der Waals surface area contributed by atoms with Gasteiger partial charge in [0.05, 0.1) is 18.0 Å². The van der Waals surface area contributed by atoms with E-state index in [0.29, 0.717) is 24.7 Å². The molecule has 0 saturated heterocycles. The molecule has 1 aliphatic heterocycles. The molecule has 3 N–H and O–H groups in total. The van der Waals surface area contributed by atoms with Crippen LogP contribution in [0.15, 0.2) is 53.4 Å². The predicted octanol–water partition coefficient (Wildman–Crippen LogP) is 1.28. The molecule has 0 aliphatic carbocycles. The topological polar surface area (TPSA) is 111 Å². The average molecular weight is 420 g/mol. The second-order valence-electron chi connectivity index (χ2n) is 7.01. The fourth-order valence-corrected chi connectivity index (χ4v) is 3.52. The van der Waals surface area contributed by atoms with Gasteiger partial charge in [0, 0.05) is 6.04 Å². The second kappa shape index (κ2) is 8.81. The Morgan fingerprint density at radius 2 is 1.86 bits per heavy atom. The lowest BCUT2D eigenvalue weighted by Gasteiger charge is -2.27. The van der Waals surface area contributed by atoms with Crippen LogP contribution in [0.3, 0.4) is 0 Å². The average Bonchev–Trinajstić information content (AvgIpc) is 2.71. The molecule has 0 aromatic heterocycles. The Labute approximate surface area is 170 Å². The number of hydrogen-bond donors (Lipinski definition) is 2. The van der Waals surface area contributed by atoms with Gasteiger partial charge in [0.1, 0.15) is 12.7 Å². The quantitative estimate of drug-likeness (QED) is 0.700. The van der Waals surface area contributed by atoms with E-state index in [1.807, 2.05) is 43.1 Å². The first-order valence-electron chi connectivity index (χ1n) is 9.22. The zero-order chi connectivity index (χ0) is 21.0. The molecular weight excluding hydrogens is 394 g/mol. The summed E-state index contributed by atoms with van der Waals surface area (Å²) in [4.78, 5) is 14.2. The third-order valence-electron chi connectivity index (χ3n) is 4.84. The lowest BCUT2D eigenvalue weighted by atomic mass is 10.1. The molecule has 0 bridgehead atoms. The number of nitrogens with one attached hydrogen (secondary N) is 1. The molecule has 1 amide bonds. The number of likely N-dealkylation sites (N-methyl/N-ethyl adjacent to an activating group) is 1. The summed E-state index contributed by atoms with van der Waals surface area (Å²) >= 11 is 0. The summed E-state index contributed by atoms with van der Waals surface area (Å²) in [5, 5.41) is 7.99. The maximum Gasteiger partial charge on any atom is 0.238 e. The molecule has 2 aromatic rings. The number of carbonyl (C=O) groups excluding carboxylic acids is 1. The summed E-state index contributed by atoms with van der Waals surface area (Å²) in [6.45, 7) is 2.84. The highest BCUT2D eigenvalue weighted by Crippen LogP contribution is 2.30. The molecule has 0 saturated carbocycles. The summed E-state index contributed by atoms with van der Waals surface area (Å²) in [7, 11) is -1.89. The molecule has 1 aliphatic rings. The van der Waals surface area contributed by atoms with Crippen molar-refractivity contribution < 1.29 is 22.7 Å². The third-order valence-corrected chi connectivity index (χ3v) is 5.77. The van der Waals surface area contributed by atoms with E-state index >= 15 is 0 Å². The number of nitrogens with zero attached hydrogens (tertiary/aromatic N) is 1. The van der Waals surface area contributed by atoms with Crippen molar-refractivity contribution in [3.05, 3.63) is 54.1 Å². The van der Waals surface area contributed by atoms with E-state index in [2.05, 4.69) is 5.32 Å². The standard InChI is InChI=1S/C20H25N3O5S/c1-14(15-7-9-17(10-8-15)29(21,25)26)23(2)12-20(24)22-11-16-13-27-18-5-3-4-6-19(18)28-16/h3-10,14,16H,11-13H2,1-2H3,(H,22,24)(H2,21,25,26)/t14-,16-/m1/s1. The van der Waals surface area contributed by atoms with E-state index in [1.165, 1.54) is 12.1 Å². The van der Waals surface area contributed by atoms with Gasteiger partial charge in [-0.3, -0.25) is 9.69 Å². The largest absolute Gasteiger partial charge is 0.486 e. The highest BCUT2D eigenvalue weighted by molar-refractivity contribution is 7.89. The number of sulfonamides is 1. The van der Waals surface area contributed by atoms with E-state index in [9.17, 15) is 13.2 Å². The minimum Gasteiger partial charge on any atom is -0.486 e. The van der Waals surface area contributed by atoms with Gasteiger partial charge in [0.15, 0.2) is 11.5 Å². The van der Waals surface area contributed by atoms with Crippen molar-refractivity contribution in [3.8, 4) is 11.5 Å². The number of hydrogen-bond acceptors (Lipinski definition) is 6. The summed E-state index contributed by atoms with van der Waals surface area (Å²) < 4.78 is 34.2. The maximum absolute atomic E-state index is 12.3.